The van der Waals surface area contributed by atoms with Crippen LogP contribution in [0.25, 0.3) is 22.5 Å². The molecule has 0 aliphatic carbocycles. The van der Waals surface area contributed by atoms with E-state index in [2.05, 4.69) is 41.4 Å². The molecule has 4 aromatic rings. The summed E-state index contributed by atoms with van der Waals surface area (Å²) in [6, 6.07) is 16.0. The molecule has 2 aromatic carbocycles. The highest BCUT2D eigenvalue weighted by molar-refractivity contribution is 6.42. The number of amides is 2. The van der Waals surface area contributed by atoms with E-state index in [0.717, 1.165) is 28.3 Å². The predicted molar refractivity (Wildman–Crippen MR) is 135 cm³/mol. The van der Waals surface area contributed by atoms with Crippen molar-refractivity contribution in [3.8, 4) is 22.5 Å². The van der Waals surface area contributed by atoms with Crippen molar-refractivity contribution in [2.45, 2.75) is 26.2 Å². The number of urea groups is 1. The summed E-state index contributed by atoms with van der Waals surface area (Å²) in [6.45, 7) is 6.33. The lowest BCUT2D eigenvalue weighted by molar-refractivity contribution is 0.262. The third-order valence-corrected chi connectivity index (χ3v) is 5.69. The molecule has 33 heavy (non-hydrogen) atoms. The summed E-state index contributed by atoms with van der Waals surface area (Å²) < 4.78 is 0. The summed E-state index contributed by atoms with van der Waals surface area (Å²) in [5, 5.41) is 6.41. The van der Waals surface area contributed by atoms with E-state index in [9.17, 15) is 4.79 Å². The van der Waals surface area contributed by atoms with Crippen LogP contribution in [-0.4, -0.2) is 21.0 Å². The molecule has 2 aromatic heterocycles. The maximum absolute atomic E-state index is 12.5. The van der Waals surface area contributed by atoms with Gasteiger partial charge in [-0.3, -0.25) is 4.98 Å². The number of anilines is 2. The minimum atomic E-state index is -0.391. The van der Waals surface area contributed by atoms with Gasteiger partial charge in [-0.15, -0.1) is 0 Å². The molecule has 0 radical (unpaired) electrons. The van der Waals surface area contributed by atoms with E-state index in [1.807, 2.05) is 36.4 Å². The molecule has 8 heteroatoms. The van der Waals surface area contributed by atoms with E-state index >= 15 is 0 Å². The number of imidazole rings is 1. The molecule has 0 aliphatic heterocycles. The first kappa shape index (κ1) is 22.8. The molecular weight excluding hydrogens is 457 g/mol. The first-order valence-electron chi connectivity index (χ1n) is 10.3. The third kappa shape index (κ3) is 5.35. The van der Waals surface area contributed by atoms with Crippen molar-refractivity contribution < 1.29 is 4.79 Å². The Kier molecular flexibility index (Phi) is 6.40. The van der Waals surface area contributed by atoms with Gasteiger partial charge in [-0.25, -0.2) is 9.78 Å². The summed E-state index contributed by atoms with van der Waals surface area (Å²) in [4.78, 5) is 25.0. The number of benzene rings is 2. The fraction of sp³-hybridized carbons (Fsp3) is 0.160. The first-order valence-corrected chi connectivity index (χ1v) is 11.1. The maximum Gasteiger partial charge on any atom is 0.323 e. The van der Waals surface area contributed by atoms with Gasteiger partial charge in [-0.2, -0.15) is 0 Å². The van der Waals surface area contributed by atoms with E-state index in [4.69, 9.17) is 28.2 Å². The Morgan fingerprint density at radius 1 is 0.879 bits per heavy atom. The number of aromatic nitrogens is 3. The molecule has 2 amide bonds. The number of nitrogens with zero attached hydrogens (tertiary/aromatic N) is 2. The number of pyridine rings is 1. The predicted octanol–water partition coefficient (Wildman–Crippen LogP) is 7.39. The molecule has 0 fully saturated rings. The molecule has 0 unspecified atom stereocenters. The molecule has 0 bridgehead atoms. The van der Waals surface area contributed by atoms with E-state index < -0.39 is 6.03 Å². The Balaban J connectivity index is 1.63. The Morgan fingerprint density at radius 3 is 2.24 bits per heavy atom. The fourth-order valence-corrected chi connectivity index (χ4v) is 3.57. The summed E-state index contributed by atoms with van der Waals surface area (Å²) in [5.74, 6) is 0.875. The smallest absolute Gasteiger partial charge is 0.323 e. The van der Waals surface area contributed by atoms with Crippen molar-refractivity contribution >= 4 is 40.6 Å². The summed E-state index contributed by atoms with van der Waals surface area (Å²) in [5.41, 5.74) is 4.58. The lowest BCUT2D eigenvalue weighted by Gasteiger charge is -2.14. The highest BCUT2D eigenvalue weighted by Crippen LogP contribution is 2.34. The standard InChI is InChI=1S/C25H23Cl2N5O/c1-25(2,3)23-31-21(15-9-11-28-12-10-15)22(32-23)16-5-4-6-17(13-16)29-24(33)30-18-7-8-19(26)20(27)14-18/h4-14H,1-3H3,(H,31,32)(H2,29,30,33). The van der Waals surface area contributed by atoms with Crippen molar-refractivity contribution in [3.63, 3.8) is 0 Å². The van der Waals surface area contributed by atoms with Crippen LogP contribution in [0, 0.1) is 0 Å². The Bertz CT molecular complexity index is 1300. The van der Waals surface area contributed by atoms with Crippen molar-refractivity contribution in [1.82, 2.24) is 15.0 Å². The average molecular weight is 480 g/mol. The van der Waals surface area contributed by atoms with Gasteiger partial charge < -0.3 is 15.6 Å². The molecule has 0 saturated carbocycles. The van der Waals surface area contributed by atoms with Crippen molar-refractivity contribution in [2.24, 2.45) is 0 Å². The lowest BCUT2D eigenvalue weighted by atomic mass is 9.96. The molecule has 4 rings (SSSR count). The quantitative estimate of drug-likeness (QED) is 0.285. The van der Waals surface area contributed by atoms with E-state index in [1.54, 1.807) is 30.6 Å². The maximum atomic E-state index is 12.5. The summed E-state index contributed by atoms with van der Waals surface area (Å²) in [6.07, 6.45) is 3.50. The van der Waals surface area contributed by atoms with Gasteiger partial charge in [0.1, 0.15) is 5.82 Å². The van der Waals surface area contributed by atoms with Crippen molar-refractivity contribution in [1.29, 1.82) is 0 Å². The molecule has 168 valence electrons. The molecule has 2 heterocycles. The Hall–Kier alpha value is -3.35. The van der Waals surface area contributed by atoms with E-state index in [1.165, 1.54) is 0 Å². The normalized spacial score (nSPS) is 11.3. The number of hydrogen-bond acceptors (Lipinski definition) is 3. The number of halogens is 2. The van der Waals surface area contributed by atoms with Gasteiger partial charge in [-0.1, -0.05) is 56.1 Å². The number of hydrogen-bond donors (Lipinski definition) is 3. The molecular formula is C25H23Cl2N5O. The van der Waals surface area contributed by atoms with Crippen LogP contribution >= 0.6 is 23.2 Å². The van der Waals surface area contributed by atoms with Gasteiger partial charge in [0.05, 0.1) is 21.4 Å². The zero-order chi connectivity index (χ0) is 23.6. The number of carbonyl (C=O) groups is 1. The van der Waals surface area contributed by atoms with E-state index in [-0.39, 0.29) is 5.41 Å². The van der Waals surface area contributed by atoms with Gasteiger partial charge in [0, 0.05) is 40.3 Å². The average Bonchev–Trinajstić information content (AvgIpc) is 3.23. The van der Waals surface area contributed by atoms with Crippen LogP contribution in [0.15, 0.2) is 67.0 Å². The van der Waals surface area contributed by atoms with E-state index in [0.29, 0.717) is 21.4 Å². The van der Waals surface area contributed by atoms with Gasteiger partial charge in [0.25, 0.3) is 0 Å². The Morgan fingerprint density at radius 2 is 1.58 bits per heavy atom. The highest BCUT2D eigenvalue weighted by Gasteiger charge is 2.22. The number of nitrogens with one attached hydrogen (secondary N) is 3. The first-order chi connectivity index (χ1) is 15.7. The second-order valence-corrected chi connectivity index (χ2v) is 9.40. The topological polar surface area (TPSA) is 82.7 Å². The van der Waals surface area contributed by atoms with Crippen LogP contribution in [0.1, 0.15) is 26.6 Å². The van der Waals surface area contributed by atoms with Crippen LogP contribution in [0.2, 0.25) is 10.0 Å². The van der Waals surface area contributed by atoms with Gasteiger partial charge in [-0.05, 0) is 42.5 Å². The van der Waals surface area contributed by atoms with Gasteiger partial charge in [0.15, 0.2) is 0 Å². The van der Waals surface area contributed by atoms with Crippen LogP contribution in [0.4, 0.5) is 16.2 Å². The zero-order valence-electron chi connectivity index (χ0n) is 18.4. The minimum Gasteiger partial charge on any atom is -0.341 e. The van der Waals surface area contributed by atoms with Crippen LogP contribution < -0.4 is 10.6 Å². The number of rotatable bonds is 4. The molecule has 0 aliphatic rings. The Labute approximate surface area is 202 Å². The lowest BCUT2D eigenvalue weighted by Crippen LogP contribution is -2.19. The summed E-state index contributed by atoms with van der Waals surface area (Å²) >= 11 is 12.0. The second-order valence-electron chi connectivity index (χ2n) is 8.58. The van der Waals surface area contributed by atoms with Gasteiger partial charge in [0.2, 0.25) is 0 Å². The molecule has 0 atom stereocenters. The SMILES string of the molecule is CC(C)(C)c1nc(-c2cccc(NC(=O)Nc3ccc(Cl)c(Cl)c3)c2)c(-c2ccncc2)[nH]1. The minimum absolute atomic E-state index is 0.157. The number of carbonyl (C=O) groups excluding carboxylic acids is 1. The number of aromatic amines is 1. The molecule has 0 saturated heterocycles. The molecule has 6 nitrogen and oxygen atoms in total. The van der Waals surface area contributed by atoms with Crippen molar-refractivity contribution in [2.75, 3.05) is 10.6 Å². The number of H-pyrrole nitrogens is 1. The van der Waals surface area contributed by atoms with Gasteiger partial charge >= 0.3 is 6.03 Å². The third-order valence-electron chi connectivity index (χ3n) is 4.95. The highest BCUT2D eigenvalue weighted by atomic mass is 35.5. The molecule has 0 spiro atoms. The van der Waals surface area contributed by atoms with Crippen molar-refractivity contribution in [3.05, 3.63) is 82.9 Å². The summed E-state index contributed by atoms with van der Waals surface area (Å²) in [7, 11) is 0. The monoisotopic (exact) mass is 479 g/mol. The van der Waals surface area contributed by atoms with Crippen LogP contribution in [-0.2, 0) is 5.41 Å². The van der Waals surface area contributed by atoms with Crippen LogP contribution in [0.5, 0.6) is 0 Å². The zero-order valence-corrected chi connectivity index (χ0v) is 19.9. The fourth-order valence-electron chi connectivity index (χ4n) is 3.28. The van der Waals surface area contributed by atoms with Crippen LogP contribution in [0.3, 0.4) is 0 Å². The second kappa shape index (κ2) is 9.25. The largest absolute Gasteiger partial charge is 0.341 e. The molecule has 3 N–H and O–H groups in total.